The number of halogens is 1. The van der Waals surface area contributed by atoms with Crippen LogP contribution in [0.25, 0.3) is 0 Å². The molecule has 0 radical (unpaired) electrons. The topological polar surface area (TPSA) is 39.1 Å². The van der Waals surface area contributed by atoms with Gasteiger partial charge in [-0.05, 0) is 0 Å². The van der Waals surface area contributed by atoms with Gasteiger partial charge in [0.15, 0.2) is 5.75 Å². The lowest BCUT2D eigenvalue weighted by molar-refractivity contribution is 0.142. The van der Waals surface area contributed by atoms with Crippen LogP contribution in [0.4, 0.5) is 0 Å². The van der Waals surface area contributed by atoms with Crippen LogP contribution in [0.2, 0.25) is 0 Å². The normalized spacial score (nSPS) is 16.4. The Bertz CT molecular complexity index is 247. The molecule has 68 valence electrons. The lowest BCUT2D eigenvalue weighted by Crippen LogP contribution is -2.50. The molecule has 0 saturated carbocycles. The summed E-state index contributed by atoms with van der Waals surface area (Å²) in [5, 5.41) is 7.14. The maximum Gasteiger partial charge on any atom is 0.157 e. The minimum atomic E-state index is 0. The molecule has 0 amide bonds. The molecule has 0 aromatic carbocycles. The van der Waals surface area contributed by atoms with Crippen molar-refractivity contribution in [3.05, 3.63) is 12.4 Å². The van der Waals surface area contributed by atoms with Crippen LogP contribution in [0.3, 0.4) is 0 Å². The minimum Gasteiger partial charge on any atom is -0.484 e. The fourth-order valence-electron chi connectivity index (χ4n) is 0.998. The number of aryl methyl sites for hydroxylation is 1. The molecule has 5 heteroatoms. The lowest BCUT2D eigenvalue weighted by Gasteiger charge is -2.26. The zero-order valence-electron chi connectivity index (χ0n) is 6.86. The van der Waals surface area contributed by atoms with E-state index in [2.05, 4.69) is 10.4 Å². The largest absolute Gasteiger partial charge is 0.484 e. The Balaban J connectivity index is 0.000000720. The van der Waals surface area contributed by atoms with Gasteiger partial charge in [0.25, 0.3) is 0 Å². The van der Waals surface area contributed by atoms with Gasteiger partial charge in [0.2, 0.25) is 0 Å². The van der Waals surface area contributed by atoms with Crippen molar-refractivity contribution < 1.29 is 4.74 Å². The minimum absolute atomic E-state index is 0. The average molecular weight is 190 g/mol. The number of rotatable bonds is 2. The lowest BCUT2D eigenvalue weighted by atomic mass is 10.2. The molecule has 0 unspecified atom stereocenters. The highest BCUT2D eigenvalue weighted by Crippen LogP contribution is 2.11. The zero-order chi connectivity index (χ0) is 7.68. The molecule has 1 aliphatic rings. The van der Waals surface area contributed by atoms with E-state index in [1.807, 2.05) is 13.2 Å². The van der Waals surface area contributed by atoms with Gasteiger partial charge in [0.05, 0.1) is 12.4 Å². The standard InChI is InChI=1S/C7H11N3O.ClH/c1-10-5-7(4-9-10)11-6-2-8-3-6;/h4-6,8H,2-3H2,1H3;1H. The molecule has 0 aliphatic carbocycles. The third-order valence-electron chi connectivity index (χ3n) is 1.73. The summed E-state index contributed by atoms with van der Waals surface area (Å²) >= 11 is 0. The molecule has 1 aliphatic heterocycles. The highest BCUT2D eigenvalue weighted by atomic mass is 35.5. The average Bonchev–Trinajstić information content (AvgIpc) is 2.27. The molecule has 2 rings (SSSR count). The van der Waals surface area contributed by atoms with E-state index in [0.29, 0.717) is 6.10 Å². The van der Waals surface area contributed by atoms with Gasteiger partial charge in [-0.25, -0.2) is 0 Å². The van der Waals surface area contributed by atoms with Crippen molar-refractivity contribution in [3.63, 3.8) is 0 Å². The van der Waals surface area contributed by atoms with Crippen molar-refractivity contribution in [2.45, 2.75) is 6.10 Å². The molecule has 1 fully saturated rings. The Morgan fingerprint density at radius 2 is 2.42 bits per heavy atom. The second-order valence-corrected chi connectivity index (χ2v) is 2.75. The third kappa shape index (κ3) is 1.89. The molecule has 4 nitrogen and oxygen atoms in total. The smallest absolute Gasteiger partial charge is 0.157 e. The van der Waals surface area contributed by atoms with E-state index in [9.17, 15) is 0 Å². The fourth-order valence-corrected chi connectivity index (χ4v) is 0.998. The van der Waals surface area contributed by atoms with Crippen molar-refractivity contribution in [1.29, 1.82) is 0 Å². The van der Waals surface area contributed by atoms with Crippen LogP contribution in [0.5, 0.6) is 5.75 Å². The van der Waals surface area contributed by atoms with Crippen molar-refractivity contribution in [3.8, 4) is 5.75 Å². The SMILES string of the molecule is Cl.Cn1cc(OC2CNC2)cn1. The highest BCUT2D eigenvalue weighted by molar-refractivity contribution is 5.85. The Kier molecular flexibility index (Phi) is 2.94. The zero-order valence-corrected chi connectivity index (χ0v) is 7.67. The molecule has 0 spiro atoms. The maximum atomic E-state index is 5.53. The molecule has 2 heterocycles. The summed E-state index contributed by atoms with van der Waals surface area (Å²) in [6.45, 7) is 1.91. The first-order chi connectivity index (χ1) is 5.34. The summed E-state index contributed by atoms with van der Waals surface area (Å²) in [5.41, 5.74) is 0. The predicted molar refractivity (Wildman–Crippen MR) is 47.7 cm³/mol. The summed E-state index contributed by atoms with van der Waals surface area (Å²) in [6, 6.07) is 0. The van der Waals surface area contributed by atoms with Crippen molar-refractivity contribution in [2.24, 2.45) is 7.05 Å². The van der Waals surface area contributed by atoms with Gasteiger partial charge in [-0.2, -0.15) is 5.10 Å². The van der Waals surface area contributed by atoms with E-state index < -0.39 is 0 Å². The Morgan fingerprint density at radius 3 is 2.83 bits per heavy atom. The van der Waals surface area contributed by atoms with Crippen LogP contribution in [0, 0.1) is 0 Å². The number of nitrogens with zero attached hydrogens (tertiary/aromatic N) is 2. The van der Waals surface area contributed by atoms with Crippen molar-refractivity contribution >= 4 is 12.4 Å². The summed E-state index contributed by atoms with van der Waals surface area (Å²) in [6.07, 6.45) is 3.95. The Labute approximate surface area is 77.3 Å². The Hall–Kier alpha value is -0.740. The van der Waals surface area contributed by atoms with E-state index in [1.165, 1.54) is 0 Å². The van der Waals surface area contributed by atoms with E-state index in [1.54, 1.807) is 10.9 Å². The van der Waals surface area contributed by atoms with Crippen molar-refractivity contribution in [1.82, 2.24) is 15.1 Å². The number of hydrogen-bond acceptors (Lipinski definition) is 3. The van der Waals surface area contributed by atoms with Gasteiger partial charge < -0.3 is 10.1 Å². The molecular formula is C7H12ClN3O. The molecule has 1 saturated heterocycles. The summed E-state index contributed by atoms with van der Waals surface area (Å²) < 4.78 is 7.26. The molecular weight excluding hydrogens is 178 g/mol. The second-order valence-electron chi connectivity index (χ2n) is 2.75. The highest BCUT2D eigenvalue weighted by Gasteiger charge is 2.18. The molecule has 1 aromatic rings. The first kappa shape index (κ1) is 9.35. The van der Waals surface area contributed by atoms with Gasteiger partial charge in [-0.15, -0.1) is 12.4 Å². The first-order valence-corrected chi connectivity index (χ1v) is 3.70. The van der Waals surface area contributed by atoms with E-state index in [0.717, 1.165) is 18.8 Å². The van der Waals surface area contributed by atoms with Gasteiger partial charge in [0.1, 0.15) is 6.10 Å². The molecule has 12 heavy (non-hydrogen) atoms. The van der Waals surface area contributed by atoms with Gasteiger partial charge in [0, 0.05) is 20.1 Å². The summed E-state index contributed by atoms with van der Waals surface area (Å²) in [7, 11) is 1.88. The monoisotopic (exact) mass is 189 g/mol. The van der Waals surface area contributed by atoms with E-state index in [-0.39, 0.29) is 12.4 Å². The van der Waals surface area contributed by atoms with Crippen LogP contribution in [-0.2, 0) is 7.05 Å². The van der Waals surface area contributed by atoms with E-state index in [4.69, 9.17) is 4.74 Å². The van der Waals surface area contributed by atoms with Gasteiger partial charge >= 0.3 is 0 Å². The van der Waals surface area contributed by atoms with Gasteiger partial charge in [-0.1, -0.05) is 0 Å². The summed E-state index contributed by atoms with van der Waals surface area (Å²) in [4.78, 5) is 0. The first-order valence-electron chi connectivity index (χ1n) is 3.70. The second kappa shape index (κ2) is 3.78. The third-order valence-corrected chi connectivity index (χ3v) is 1.73. The molecule has 0 bridgehead atoms. The predicted octanol–water partition coefficient (Wildman–Crippen LogP) is 0.192. The molecule has 1 N–H and O–H groups in total. The Morgan fingerprint density at radius 1 is 1.67 bits per heavy atom. The number of hydrogen-bond donors (Lipinski definition) is 1. The van der Waals surface area contributed by atoms with E-state index >= 15 is 0 Å². The van der Waals surface area contributed by atoms with Crippen molar-refractivity contribution in [2.75, 3.05) is 13.1 Å². The summed E-state index contributed by atoms with van der Waals surface area (Å²) in [5.74, 6) is 0.860. The van der Waals surface area contributed by atoms with Crippen LogP contribution in [-0.4, -0.2) is 29.0 Å². The van der Waals surface area contributed by atoms with Gasteiger partial charge in [-0.3, -0.25) is 4.68 Å². The number of nitrogens with one attached hydrogen (secondary N) is 1. The molecule has 1 aromatic heterocycles. The van der Waals surface area contributed by atoms with Crippen LogP contribution < -0.4 is 10.1 Å². The number of aromatic nitrogens is 2. The molecule has 0 atom stereocenters. The number of ether oxygens (including phenoxy) is 1. The fraction of sp³-hybridized carbons (Fsp3) is 0.571. The van der Waals surface area contributed by atoms with Crippen LogP contribution >= 0.6 is 12.4 Å². The quantitative estimate of drug-likeness (QED) is 0.722. The van der Waals surface area contributed by atoms with Crippen LogP contribution in [0.15, 0.2) is 12.4 Å². The van der Waals surface area contributed by atoms with Crippen LogP contribution in [0.1, 0.15) is 0 Å². The maximum absolute atomic E-state index is 5.53.